The average Bonchev–Trinajstić information content (AvgIpc) is 1.82. The second-order valence-corrected chi connectivity index (χ2v) is 4.33. The summed E-state index contributed by atoms with van der Waals surface area (Å²) in [5, 5.41) is 26.7. The van der Waals surface area contributed by atoms with Gasteiger partial charge in [-0.15, -0.1) is 0 Å². The molecule has 0 amide bonds. The molecule has 1 aromatic rings. The van der Waals surface area contributed by atoms with Crippen molar-refractivity contribution >= 4 is 19.8 Å². The molecule has 0 aliphatic carbocycles. The molecule has 0 unspecified atom stereocenters. The predicted molar refractivity (Wildman–Crippen MR) is 45.5 cm³/mol. The van der Waals surface area contributed by atoms with Crippen LogP contribution in [0.5, 0.6) is 17.2 Å². The van der Waals surface area contributed by atoms with Crippen LogP contribution in [0.1, 0.15) is 0 Å². The number of phenolic OH excluding ortho intramolecular Hbond substituents is 3. The van der Waals surface area contributed by atoms with Crippen LogP contribution in [0.3, 0.4) is 0 Å². The summed E-state index contributed by atoms with van der Waals surface area (Å²) in [6.45, 7) is 0. The third kappa shape index (κ3) is 1.58. The van der Waals surface area contributed by atoms with Gasteiger partial charge in [-0.05, 0) is 0 Å². The van der Waals surface area contributed by atoms with E-state index in [1.54, 1.807) is 0 Å². The van der Waals surface area contributed by atoms with Crippen LogP contribution >= 0.6 is 19.8 Å². The second kappa shape index (κ2) is 3.13. The summed E-state index contributed by atoms with van der Waals surface area (Å²) in [7, 11) is 0. The molecular weight excluding hydrogens is 279 g/mol. The average molecular weight is 284 g/mol. The molecule has 0 saturated heterocycles. The number of aromatic hydroxyl groups is 3. The van der Waals surface area contributed by atoms with E-state index in [-0.39, 0.29) is 5.75 Å². The lowest BCUT2D eigenvalue weighted by Gasteiger charge is -1.99. The fourth-order valence-corrected chi connectivity index (χ4v) is 1.95. The second-order valence-electron chi connectivity index (χ2n) is 2.02. The summed E-state index contributed by atoms with van der Waals surface area (Å²) >= 11 is -3.90. The lowest BCUT2D eigenvalue weighted by molar-refractivity contribution is 0.422. The zero-order valence-electron chi connectivity index (χ0n) is 5.69. The minimum absolute atomic E-state index is 0.383. The molecule has 1 aromatic carbocycles. The SMILES string of the molecule is O=I(=O)c1c(O)cc(O)cc1O. The first-order chi connectivity index (χ1) is 5.52. The van der Waals surface area contributed by atoms with Gasteiger partial charge in [-0.3, -0.25) is 0 Å². The molecule has 1 rings (SSSR count). The van der Waals surface area contributed by atoms with Gasteiger partial charge in [-0.25, -0.2) is 6.14 Å². The van der Waals surface area contributed by atoms with Gasteiger partial charge in [0.1, 0.15) is 17.2 Å². The Hall–Kier alpha value is -1.05. The number of benzene rings is 1. The van der Waals surface area contributed by atoms with Crippen LogP contribution in [0.15, 0.2) is 12.1 Å². The first-order valence-corrected chi connectivity index (χ1v) is 5.66. The van der Waals surface area contributed by atoms with Crippen molar-refractivity contribution in [3.8, 4) is 17.2 Å². The van der Waals surface area contributed by atoms with Crippen molar-refractivity contribution < 1.29 is 21.5 Å². The maximum Gasteiger partial charge on any atom is 0.348 e. The number of hydrogen-bond acceptors (Lipinski definition) is 5. The van der Waals surface area contributed by atoms with E-state index < -0.39 is 34.9 Å². The van der Waals surface area contributed by atoms with E-state index in [1.165, 1.54) is 0 Å². The number of halogens is 1. The molecule has 6 heteroatoms. The highest BCUT2D eigenvalue weighted by atomic mass is 127. The van der Waals surface area contributed by atoms with Crippen molar-refractivity contribution in [3.05, 3.63) is 15.7 Å². The Morgan fingerprint density at radius 2 is 1.42 bits per heavy atom. The van der Waals surface area contributed by atoms with Crippen LogP contribution in [-0.4, -0.2) is 15.3 Å². The standard InChI is InChI=1S/C6H5IO5/c8-3-1-4(9)6(7(11)12)5(10)2-3/h1-2,8-10H. The smallest absolute Gasteiger partial charge is 0.348 e. The van der Waals surface area contributed by atoms with Gasteiger partial charge in [-0.1, -0.05) is 0 Å². The highest BCUT2D eigenvalue weighted by Gasteiger charge is 2.13. The minimum Gasteiger partial charge on any atom is -0.508 e. The van der Waals surface area contributed by atoms with Gasteiger partial charge in [0.05, 0.1) is 0 Å². The van der Waals surface area contributed by atoms with Gasteiger partial charge in [0.25, 0.3) is 0 Å². The Morgan fingerprint density at radius 1 is 1.00 bits per heavy atom. The molecular formula is C6H5IO5. The highest BCUT2D eigenvalue weighted by Crippen LogP contribution is 2.37. The van der Waals surface area contributed by atoms with Crippen molar-refractivity contribution in [2.75, 3.05) is 0 Å². The van der Waals surface area contributed by atoms with Gasteiger partial charge in [-0.2, -0.15) is 0 Å². The van der Waals surface area contributed by atoms with Crippen molar-refractivity contribution in [2.24, 2.45) is 0 Å². The zero-order valence-corrected chi connectivity index (χ0v) is 7.85. The Kier molecular flexibility index (Phi) is 2.36. The Labute approximate surface area is 74.4 Å². The third-order valence-corrected chi connectivity index (χ3v) is 3.16. The molecule has 3 N–H and O–H groups in total. The largest absolute Gasteiger partial charge is 0.508 e. The van der Waals surface area contributed by atoms with Crippen molar-refractivity contribution in [1.82, 2.24) is 0 Å². The minimum atomic E-state index is -3.90. The number of phenols is 3. The third-order valence-electron chi connectivity index (χ3n) is 1.17. The van der Waals surface area contributed by atoms with Crippen LogP contribution in [-0.2, 0) is 6.14 Å². The van der Waals surface area contributed by atoms with E-state index in [9.17, 15) is 6.14 Å². The topological polar surface area (TPSA) is 94.8 Å². The van der Waals surface area contributed by atoms with E-state index >= 15 is 0 Å². The molecule has 66 valence electrons. The van der Waals surface area contributed by atoms with Crippen molar-refractivity contribution in [1.29, 1.82) is 0 Å². The van der Waals surface area contributed by atoms with Crippen LogP contribution in [0.4, 0.5) is 0 Å². The Balaban J connectivity index is 3.48. The van der Waals surface area contributed by atoms with E-state index in [4.69, 9.17) is 15.3 Å². The summed E-state index contributed by atoms with van der Waals surface area (Å²) in [6, 6.07) is 1.71. The van der Waals surface area contributed by atoms with Gasteiger partial charge in [0.2, 0.25) is 0 Å². The molecule has 0 bridgehead atoms. The molecule has 0 spiro atoms. The van der Waals surface area contributed by atoms with Gasteiger partial charge in [0.15, 0.2) is 3.57 Å². The van der Waals surface area contributed by atoms with E-state index in [0.717, 1.165) is 12.1 Å². The van der Waals surface area contributed by atoms with E-state index in [2.05, 4.69) is 0 Å². The number of hydrogen-bond donors (Lipinski definition) is 3. The first-order valence-electron chi connectivity index (χ1n) is 2.82. The maximum absolute atomic E-state index is 10.5. The van der Waals surface area contributed by atoms with Crippen LogP contribution in [0.25, 0.3) is 0 Å². The molecule has 0 heterocycles. The lowest BCUT2D eigenvalue weighted by atomic mass is 10.3. The van der Waals surface area contributed by atoms with Gasteiger partial charge < -0.3 is 15.3 Å². The maximum atomic E-state index is 10.5. The summed E-state index contributed by atoms with van der Waals surface area (Å²) in [6.07, 6.45) is 0. The fourth-order valence-electron chi connectivity index (χ4n) is 0.738. The van der Waals surface area contributed by atoms with Crippen molar-refractivity contribution in [2.45, 2.75) is 0 Å². The van der Waals surface area contributed by atoms with Crippen LogP contribution in [0, 0.1) is 3.57 Å². The zero-order chi connectivity index (χ0) is 9.30. The van der Waals surface area contributed by atoms with Crippen LogP contribution < -0.4 is 0 Å². The summed E-state index contributed by atoms with van der Waals surface area (Å²) < 4.78 is 20.5. The summed E-state index contributed by atoms with van der Waals surface area (Å²) in [5.74, 6) is -1.63. The van der Waals surface area contributed by atoms with Gasteiger partial charge >= 0.3 is 19.8 Å². The van der Waals surface area contributed by atoms with E-state index in [0.29, 0.717) is 0 Å². The van der Waals surface area contributed by atoms with E-state index in [1.807, 2.05) is 0 Å². The molecule has 0 fully saturated rings. The molecule has 5 nitrogen and oxygen atoms in total. The first kappa shape index (κ1) is 9.04. The summed E-state index contributed by atoms with van der Waals surface area (Å²) in [5.41, 5.74) is 0. The molecule has 0 aliphatic rings. The summed E-state index contributed by atoms with van der Waals surface area (Å²) in [4.78, 5) is 0. The molecule has 0 atom stereocenters. The lowest BCUT2D eigenvalue weighted by Crippen LogP contribution is -1.77. The normalized spacial score (nSPS) is 10.4. The number of rotatable bonds is 1. The molecule has 0 aromatic heterocycles. The Bertz CT molecular complexity index is 351. The molecule has 0 saturated carbocycles. The monoisotopic (exact) mass is 284 g/mol. The molecule has 0 radical (unpaired) electrons. The molecule has 0 aliphatic heterocycles. The highest BCUT2D eigenvalue weighted by molar-refractivity contribution is 14.2. The fraction of sp³-hybridized carbons (Fsp3) is 0. The Morgan fingerprint density at radius 3 is 1.75 bits per heavy atom. The van der Waals surface area contributed by atoms with Gasteiger partial charge in [0, 0.05) is 12.1 Å². The predicted octanol–water partition coefficient (Wildman–Crippen LogP) is 1.17. The molecule has 12 heavy (non-hydrogen) atoms. The van der Waals surface area contributed by atoms with Crippen LogP contribution in [0.2, 0.25) is 0 Å². The van der Waals surface area contributed by atoms with Crippen molar-refractivity contribution in [3.63, 3.8) is 0 Å². The quantitative estimate of drug-likeness (QED) is 0.673.